The van der Waals surface area contributed by atoms with Crippen molar-refractivity contribution in [2.24, 2.45) is 0 Å². The van der Waals surface area contributed by atoms with Gasteiger partial charge in [-0.3, -0.25) is 9.69 Å². The third kappa shape index (κ3) is 2.64. The number of morpholine rings is 1. The van der Waals surface area contributed by atoms with Gasteiger partial charge < -0.3 is 14.5 Å². The number of ether oxygens (including phenoxy) is 1. The number of carbonyl (C=O) groups excluding carboxylic acids is 1. The summed E-state index contributed by atoms with van der Waals surface area (Å²) in [7, 11) is 4.27. The van der Waals surface area contributed by atoms with Gasteiger partial charge >= 0.3 is 0 Å². The summed E-state index contributed by atoms with van der Waals surface area (Å²) >= 11 is 0. The number of likely N-dealkylation sites (N-methyl/N-ethyl adjacent to an activating group) is 2. The fourth-order valence-corrected chi connectivity index (χ4v) is 3.64. The van der Waals surface area contributed by atoms with E-state index in [1.807, 2.05) is 4.90 Å². The monoisotopic (exact) mass is 267 g/mol. The van der Waals surface area contributed by atoms with Crippen molar-refractivity contribution in [3.05, 3.63) is 0 Å². The van der Waals surface area contributed by atoms with Crippen molar-refractivity contribution in [3.8, 4) is 0 Å². The molecule has 3 atom stereocenters. The standard InChI is InChI=1S/C14H25N3O2/c1-15-7-8-19-13(10-15)14(18)17-6-5-11-3-4-12(9-17)16(11)2/h11-13H,3-10H2,1-2H3. The Morgan fingerprint density at radius 2 is 1.84 bits per heavy atom. The molecule has 3 heterocycles. The topological polar surface area (TPSA) is 36.0 Å². The van der Waals surface area contributed by atoms with Crippen LogP contribution >= 0.6 is 0 Å². The smallest absolute Gasteiger partial charge is 0.253 e. The summed E-state index contributed by atoms with van der Waals surface area (Å²) in [6.07, 6.45) is 3.39. The molecule has 3 unspecified atom stereocenters. The van der Waals surface area contributed by atoms with Crippen LogP contribution in [-0.2, 0) is 9.53 Å². The summed E-state index contributed by atoms with van der Waals surface area (Å²) < 4.78 is 5.66. The molecule has 0 aromatic heterocycles. The van der Waals surface area contributed by atoms with E-state index in [9.17, 15) is 4.79 Å². The minimum atomic E-state index is -0.249. The van der Waals surface area contributed by atoms with Crippen LogP contribution < -0.4 is 0 Å². The molecule has 3 aliphatic rings. The first-order valence-electron chi connectivity index (χ1n) is 7.46. The number of rotatable bonds is 1. The fraction of sp³-hybridized carbons (Fsp3) is 0.929. The van der Waals surface area contributed by atoms with Crippen molar-refractivity contribution in [1.82, 2.24) is 14.7 Å². The Morgan fingerprint density at radius 1 is 1.05 bits per heavy atom. The van der Waals surface area contributed by atoms with Crippen LogP contribution in [0.3, 0.4) is 0 Å². The van der Waals surface area contributed by atoms with Crippen LogP contribution in [0.15, 0.2) is 0 Å². The molecule has 0 saturated carbocycles. The Labute approximate surface area is 115 Å². The van der Waals surface area contributed by atoms with E-state index in [1.54, 1.807) is 0 Å². The zero-order valence-corrected chi connectivity index (χ0v) is 12.0. The minimum absolute atomic E-state index is 0.201. The molecule has 0 radical (unpaired) electrons. The van der Waals surface area contributed by atoms with Gasteiger partial charge in [0.25, 0.3) is 5.91 Å². The predicted octanol–water partition coefficient (Wildman–Crippen LogP) is 0.0121. The molecule has 3 saturated heterocycles. The van der Waals surface area contributed by atoms with E-state index in [2.05, 4.69) is 23.9 Å². The number of amides is 1. The van der Waals surface area contributed by atoms with Gasteiger partial charge in [-0.15, -0.1) is 0 Å². The lowest BCUT2D eigenvalue weighted by Gasteiger charge is -2.34. The maximum absolute atomic E-state index is 12.6. The molecule has 0 spiro atoms. The normalized spacial score (nSPS) is 37.4. The number of nitrogens with zero attached hydrogens (tertiary/aromatic N) is 3. The molecule has 1 amide bonds. The molecule has 5 nitrogen and oxygen atoms in total. The third-order valence-corrected chi connectivity index (χ3v) is 5.01. The Morgan fingerprint density at radius 3 is 2.63 bits per heavy atom. The van der Waals surface area contributed by atoms with E-state index in [0.29, 0.717) is 18.7 Å². The molecular weight excluding hydrogens is 242 g/mol. The second-order valence-electron chi connectivity index (χ2n) is 6.25. The second kappa shape index (κ2) is 5.38. The zero-order valence-electron chi connectivity index (χ0n) is 12.0. The van der Waals surface area contributed by atoms with Gasteiger partial charge in [-0.1, -0.05) is 0 Å². The van der Waals surface area contributed by atoms with Crippen molar-refractivity contribution in [2.75, 3.05) is 46.9 Å². The molecule has 108 valence electrons. The van der Waals surface area contributed by atoms with Crippen molar-refractivity contribution in [2.45, 2.75) is 37.5 Å². The second-order valence-corrected chi connectivity index (χ2v) is 6.25. The molecule has 2 bridgehead atoms. The van der Waals surface area contributed by atoms with Crippen molar-refractivity contribution in [3.63, 3.8) is 0 Å². The van der Waals surface area contributed by atoms with E-state index < -0.39 is 0 Å². The van der Waals surface area contributed by atoms with E-state index >= 15 is 0 Å². The van der Waals surface area contributed by atoms with Gasteiger partial charge in [0.1, 0.15) is 6.10 Å². The number of fused-ring (bicyclic) bond motifs is 2. The Kier molecular flexibility index (Phi) is 3.78. The lowest BCUT2D eigenvalue weighted by molar-refractivity contribution is -0.149. The Hall–Kier alpha value is -0.650. The van der Waals surface area contributed by atoms with Crippen molar-refractivity contribution in [1.29, 1.82) is 0 Å². The predicted molar refractivity (Wildman–Crippen MR) is 73.0 cm³/mol. The van der Waals surface area contributed by atoms with Crippen LogP contribution in [0.5, 0.6) is 0 Å². The summed E-state index contributed by atoms with van der Waals surface area (Å²) in [6, 6.07) is 1.23. The van der Waals surface area contributed by atoms with Gasteiger partial charge in [-0.2, -0.15) is 0 Å². The summed E-state index contributed by atoms with van der Waals surface area (Å²) in [6.45, 7) is 4.12. The largest absolute Gasteiger partial charge is 0.366 e. The highest BCUT2D eigenvalue weighted by atomic mass is 16.5. The van der Waals surface area contributed by atoms with E-state index in [-0.39, 0.29) is 12.0 Å². The SMILES string of the molecule is CN1CCOC(C(=O)N2CCC3CCC(C2)N3C)C1. The molecule has 0 aromatic carbocycles. The maximum Gasteiger partial charge on any atom is 0.253 e. The van der Waals surface area contributed by atoms with Gasteiger partial charge in [0.05, 0.1) is 6.61 Å². The number of hydrogen-bond acceptors (Lipinski definition) is 4. The van der Waals surface area contributed by atoms with Crippen LogP contribution in [0.2, 0.25) is 0 Å². The highest BCUT2D eigenvalue weighted by Gasteiger charge is 2.38. The van der Waals surface area contributed by atoms with E-state index in [4.69, 9.17) is 4.74 Å². The molecule has 19 heavy (non-hydrogen) atoms. The molecule has 3 fully saturated rings. The molecule has 0 aromatic rings. The van der Waals surface area contributed by atoms with E-state index in [1.165, 1.54) is 12.8 Å². The van der Waals surface area contributed by atoms with Crippen molar-refractivity contribution >= 4 is 5.91 Å². The summed E-state index contributed by atoms with van der Waals surface area (Å²) in [4.78, 5) is 19.3. The number of carbonyl (C=O) groups is 1. The Balaban J connectivity index is 1.64. The minimum Gasteiger partial charge on any atom is -0.366 e. The average molecular weight is 267 g/mol. The maximum atomic E-state index is 12.6. The van der Waals surface area contributed by atoms with Crippen LogP contribution in [0.4, 0.5) is 0 Å². The quantitative estimate of drug-likeness (QED) is 0.671. The van der Waals surface area contributed by atoms with Gasteiger partial charge in [0, 0.05) is 38.3 Å². The van der Waals surface area contributed by atoms with Gasteiger partial charge in [-0.05, 0) is 33.4 Å². The van der Waals surface area contributed by atoms with Gasteiger partial charge in [-0.25, -0.2) is 0 Å². The molecule has 0 aliphatic carbocycles. The molecule has 5 heteroatoms. The first-order chi connectivity index (χ1) is 9.15. The number of hydrogen-bond donors (Lipinski definition) is 0. The van der Waals surface area contributed by atoms with Crippen molar-refractivity contribution < 1.29 is 9.53 Å². The van der Waals surface area contributed by atoms with Crippen LogP contribution in [0.1, 0.15) is 19.3 Å². The lowest BCUT2D eigenvalue weighted by atomic mass is 10.1. The van der Waals surface area contributed by atoms with Crippen LogP contribution in [0.25, 0.3) is 0 Å². The molecule has 0 N–H and O–H groups in total. The van der Waals surface area contributed by atoms with Crippen LogP contribution in [-0.4, -0.2) is 85.7 Å². The van der Waals surface area contributed by atoms with Gasteiger partial charge in [0.2, 0.25) is 0 Å². The molecule has 3 aliphatic heterocycles. The summed E-state index contributed by atoms with van der Waals surface area (Å²) in [5, 5.41) is 0. The van der Waals surface area contributed by atoms with Gasteiger partial charge in [0.15, 0.2) is 0 Å². The first-order valence-corrected chi connectivity index (χ1v) is 7.46. The Bertz CT molecular complexity index is 350. The molecule has 3 rings (SSSR count). The fourth-order valence-electron chi connectivity index (χ4n) is 3.64. The summed E-state index contributed by atoms with van der Waals surface area (Å²) in [5.41, 5.74) is 0. The number of likely N-dealkylation sites (tertiary alicyclic amines) is 1. The summed E-state index contributed by atoms with van der Waals surface area (Å²) in [5.74, 6) is 0.201. The zero-order chi connectivity index (χ0) is 13.4. The highest BCUT2D eigenvalue weighted by molar-refractivity contribution is 5.81. The van der Waals surface area contributed by atoms with E-state index in [0.717, 1.165) is 32.6 Å². The molecular formula is C14H25N3O2. The lowest BCUT2D eigenvalue weighted by Crippen LogP contribution is -2.51. The highest BCUT2D eigenvalue weighted by Crippen LogP contribution is 2.28. The third-order valence-electron chi connectivity index (χ3n) is 5.01. The average Bonchev–Trinajstić information content (AvgIpc) is 2.62. The van der Waals surface area contributed by atoms with Crippen LogP contribution in [0, 0.1) is 0 Å². The first kappa shape index (κ1) is 13.3.